The van der Waals surface area contributed by atoms with E-state index in [-0.39, 0.29) is 17.2 Å². The summed E-state index contributed by atoms with van der Waals surface area (Å²) in [6.07, 6.45) is 0. The molecule has 8 nitrogen and oxygen atoms in total. The van der Waals surface area contributed by atoms with E-state index in [1.165, 1.54) is 11.6 Å². The van der Waals surface area contributed by atoms with Crippen molar-refractivity contribution in [2.24, 2.45) is 14.1 Å². The fourth-order valence-electron chi connectivity index (χ4n) is 3.78. The standard InChI is InChI=1S/C20H23N5O3/c1-13-17(19(27)23(3)20(28)22(13)2)24-8-10-25(11-9-24)18(26)16-12-14-6-4-5-7-15(14)21-16/h4-7,12,21H,8-11H2,1-3H3. The second-order valence-electron chi connectivity index (χ2n) is 7.19. The number of nitrogens with zero attached hydrogens (tertiary/aromatic N) is 4. The number of hydrogen-bond donors (Lipinski definition) is 1. The van der Waals surface area contributed by atoms with E-state index in [0.717, 1.165) is 15.5 Å². The van der Waals surface area contributed by atoms with Crippen molar-refractivity contribution in [3.05, 3.63) is 62.6 Å². The van der Waals surface area contributed by atoms with E-state index >= 15 is 0 Å². The number of aromatic nitrogens is 3. The predicted molar refractivity (Wildman–Crippen MR) is 108 cm³/mol. The van der Waals surface area contributed by atoms with Crippen LogP contribution >= 0.6 is 0 Å². The lowest BCUT2D eigenvalue weighted by molar-refractivity contribution is 0.0741. The van der Waals surface area contributed by atoms with E-state index in [1.807, 2.05) is 35.2 Å². The highest BCUT2D eigenvalue weighted by atomic mass is 16.2. The molecule has 0 saturated carbocycles. The van der Waals surface area contributed by atoms with Gasteiger partial charge >= 0.3 is 5.69 Å². The Balaban J connectivity index is 1.55. The molecular formula is C20H23N5O3. The summed E-state index contributed by atoms with van der Waals surface area (Å²) in [4.78, 5) is 44.5. The van der Waals surface area contributed by atoms with Crippen LogP contribution in [0.1, 0.15) is 16.2 Å². The first-order valence-corrected chi connectivity index (χ1v) is 9.27. The van der Waals surface area contributed by atoms with E-state index < -0.39 is 0 Å². The average molecular weight is 381 g/mol. The molecule has 1 N–H and O–H groups in total. The van der Waals surface area contributed by atoms with Crippen LogP contribution in [-0.4, -0.2) is 51.1 Å². The summed E-state index contributed by atoms with van der Waals surface area (Å²) in [6, 6.07) is 9.67. The number of amides is 1. The van der Waals surface area contributed by atoms with Gasteiger partial charge in [0.15, 0.2) is 0 Å². The Bertz CT molecular complexity index is 1150. The number of carbonyl (C=O) groups is 1. The number of aromatic amines is 1. The van der Waals surface area contributed by atoms with Crippen molar-refractivity contribution in [1.82, 2.24) is 19.0 Å². The number of carbonyl (C=O) groups excluding carboxylic acids is 1. The Morgan fingerprint density at radius 3 is 2.36 bits per heavy atom. The number of para-hydroxylation sites is 1. The maximum Gasteiger partial charge on any atom is 0.330 e. The van der Waals surface area contributed by atoms with Crippen molar-refractivity contribution in [1.29, 1.82) is 0 Å². The van der Waals surface area contributed by atoms with Crippen LogP contribution in [-0.2, 0) is 14.1 Å². The third-order valence-corrected chi connectivity index (χ3v) is 5.57. The molecule has 1 saturated heterocycles. The first kappa shape index (κ1) is 18.1. The van der Waals surface area contributed by atoms with E-state index in [0.29, 0.717) is 43.3 Å². The number of rotatable bonds is 2. The van der Waals surface area contributed by atoms with Crippen LogP contribution in [0.2, 0.25) is 0 Å². The molecule has 146 valence electrons. The number of H-pyrrole nitrogens is 1. The smallest absolute Gasteiger partial charge is 0.330 e. The molecule has 0 atom stereocenters. The van der Waals surface area contributed by atoms with Crippen LogP contribution in [0.25, 0.3) is 10.9 Å². The molecule has 3 aromatic rings. The molecule has 1 aliphatic rings. The minimum absolute atomic E-state index is 0.0408. The largest absolute Gasteiger partial charge is 0.362 e. The van der Waals surface area contributed by atoms with Gasteiger partial charge in [0.25, 0.3) is 11.5 Å². The Morgan fingerprint density at radius 2 is 1.68 bits per heavy atom. The zero-order valence-electron chi connectivity index (χ0n) is 16.2. The second kappa shape index (κ2) is 6.70. The topological polar surface area (TPSA) is 83.3 Å². The molecule has 1 amide bonds. The molecule has 4 rings (SSSR count). The normalized spacial score (nSPS) is 14.7. The van der Waals surface area contributed by atoms with Gasteiger partial charge in [0, 0.05) is 56.9 Å². The molecule has 0 spiro atoms. The van der Waals surface area contributed by atoms with Gasteiger partial charge in [-0.3, -0.25) is 18.7 Å². The van der Waals surface area contributed by atoms with Crippen molar-refractivity contribution < 1.29 is 4.79 Å². The number of fused-ring (bicyclic) bond motifs is 1. The van der Waals surface area contributed by atoms with Gasteiger partial charge in [-0.05, 0) is 19.1 Å². The quantitative estimate of drug-likeness (QED) is 0.713. The molecular weight excluding hydrogens is 358 g/mol. The van der Waals surface area contributed by atoms with Gasteiger partial charge in [-0.15, -0.1) is 0 Å². The summed E-state index contributed by atoms with van der Waals surface area (Å²) in [7, 11) is 3.15. The van der Waals surface area contributed by atoms with Gasteiger partial charge in [-0.25, -0.2) is 4.79 Å². The third-order valence-electron chi connectivity index (χ3n) is 5.57. The van der Waals surface area contributed by atoms with E-state index in [1.54, 1.807) is 18.9 Å². The Labute approximate surface area is 161 Å². The Morgan fingerprint density at radius 1 is 1.00 bits per heavy atom. The van der Waals surface area contributed by atoms with Crippen LogP contribution in [0.5, 0.6) is 0 Å². The van der Waals surface area contributed by atoms with Crippen molar-refractivity contribution in [2.45, 2.75) is 6.92 Å². The van der Waals surface area contributed by atoms with Gasteiger partial charge in [-0.2, -0.15) is 0 Å². The lowest BCUT2D eigenvalue weighted by atomic mass is 10.2. The number of hydrogen-bond acceptors (Lipinski definition) is 4. The molecule has 1 aromatic carbocycles. The maximum absolute atomic E-state index is 12.9. The lowest BCUT2D eigenvalue weighted by Gasteiger charge is -2.36. The molecule has 0 unspecified atom stereocenters. The summed E-state index contributed by atoms with van der Waals surface area (Å²) >= 11 is 0. The van der Waals surface area contributed by atoms with Crippen molar-refractivity contribution in [3.8, 4) is 0 Å². The van der Waals surface area contributed by atoms with Gasteiger partial charge in [0.05, 0.1) is 0 Å². The number of benzene rings is 1. The second-order valence-corrected chi connectivity index (χ2v) is 7.19. The Hall–Kier alpha value is -3.29. The van der Waals surface area contributed by atoms with Gasteiger partial charge in [-0.1, -0.05) is 18.2 Å². The molecule has 1 aliphatic heterocycles. The van der Waals surface area contributed by atoms with Crippen molar-refractivity contribution >= 4 is 22.5 Å². The number of piperazine rings is 1. The molecule has 0 aliphatic carbocycles. The summed E-state index contributed by atoms with van der Waals surface area (Å²) in [5.41, 5.74) is 2.05. The van der Waals surface area contributed by atoms with Crippen molar-refractivity contribution in [2.75, 3.05) is 31.1 Å². The van der Waals surface area contributed by atoms with Gasteiger partial charge < -0.3 is 14.8 Å². The third kappa shape index (κ3) is 2.81. The number of nitrogens with one attached hydrogen (secondary N) is 1. The first-order chi connectivity index (χ1) is 13.4. The van der Waals surface area contributed by atoms with Crippen LogP contribution in [0.15, 0.2) is 39.9 Å². The van der Waals surface area contributed by atoms with Crippen LogP contribution in [0.4, 0.5) is 5.69 Å². The molecule has 0 bridgehead atoms. The zero-order valence-corrected chi connectivity index (χ0v) is 16.2. The summed E-state index contributed by atoms with van der Waals surface area (Å²) < 4.78 is 2.61. The van der Waals surface area contributed by atoms with Crippen LogP contribution in [0, 0.1) is 6.92 Å². The molecule has 3 heterocycles. The highest BCUT2D eigenvalue weighted by Gasteiger charge is 2.26. The highest BCUT2D eigenvalue weighted by Crippen LogP contribution is 2.19. The van der Waals surface area contributed by atoms with Crippen molar-refractivity contribution in [3.63, 3.8) is 0 Å². The van der Waals surface area contributed by atoms with E-state index in [2.05, 4.69) is 4.98 Å². The fraction of sp³-hybridized carbons (Fsp3) is 0.350. The number of anilines is 1. The van der Waals surface area contributed by atoms with Gasteiger partial charge in [0.2, 0.25) is 0 Å². The van der Waals surface area contributed by atoms with Crippen LogP contribution in [0.3, 0.4) is 0 Å². The molecule has 2 aromatic heterocycles. The van der Waals surface area contributed by atoms with Gasteiger partial charge in [0.1, 0.15) is 11.4 Å². The summed E-state index contributed by atoms with van der Waals surface area (Å²) in [5.74, 6) is -0.0408. The zero-order chi connectivity index (χ0) is 20.0. The minimum Gasteiger partial charge on any atom is -0.362 e. The maximum atomic E-state index is 12.9. The average Bonchev–Trinajstić information content (AvgIpc) is 3.15. The fourth-order valence-corrected chi connectivity index (χ4v) is 3.78. The highest BCUT2D eigenvalue weighted by molar-refractivity contribution is 5.98. The van der Waals surface area contributed by atoms with Crippen LogP contribution < -0.4 is 16.1 Å². The predicted octanol–water partition coefficient (Wildman–Crippen LogP) is 0.836. The molecule has 28 heavy (non-hydrogen) atoms. The SMILES string of the molecule is Cc1c(N2CCN(C(=O)c3cc4ccccc4[nH]3)CC2)c(=O)n(C)c(=O)n1C. The summed E-state index contributed by atoms with van der Waals surface area (Å²) in [6.45, 7) is 3.89. The summed E-state index contributed by atoms with van der Waals surface area (Å²) in [5, 5.41) is 1.01. The monoisotopic (exact) mass is 381 g/mol. The lowest BCUT2D eigenvalue weighted by Crippen LogP contribution is -2.52. The Kier molecular flexibility index (Phi) is 4.33. The van der Waals surface area contributed by atoms with E-state index in [4.69, 9.17) is 0 Å². The minimum atomic E-state index is -0.334. The molecule has 0 radical (unpaired) electrons. The molecule has 8 heteroatoms. The van der Waals surface area contributed by atoms with E-state index in [9.17, 15) is 14.4 Å². The first-order valence-electron chi connectivity index (χ1n) is 9.27. The molecule has 1 fully saturated rings.